The summed E-state index contributed by atoms with van der Waals surface area (Å²) in [6, 6.07) is 10.3. The van der Waals surface area contributed by atoms with Crippen LogP contribution in [-0.2, 0) is 6.18 Å². The van der Waals surface area contributed by atoms with Crippen molar-refractivity contribution in [2.45, 2.75) is 32.1 Å². The monoisotopic (exact) mass is 297 g/mol. The molecule has 0 radical (unpaired) electrons. The third-order valence-electron chi connectivity index (χ3n) is 3.38. The number of hydrogen-bond acceptors (Lipinski definition) is 2. The zero-order chi connectivity index (χ0) is 15.5. The molecular formula is C15H18F3N3. The number of nitrogens with one attached hydrogen (secondary N) is 1. The highest BCUT2D eigenvalue weighted by atomic mass is 19.4. The molecule has 6 heteroatoms. The highest BCUT2D eigenvalue weighted by Gasteiger charge is 2.34. The number of halogens is 3. The Morgan fingerprint density at radius 1 is 1.19 bits per heavy atom. The first-order valence-corrected chi connectivity index (χ1v) is 6.84. The van der Waals surface area contributed by atoms with Gasteiger partial charge in [-0.25, -0.2) is 0 Å². The van der Waals surface area contributed by atoms with Gasteiger partial charge in [0.05, 0.1) is 12.1 Å². The SMILES string of the molecule is CCNC(c1ccccc1)C(C)n1ccc(C(F)(F)F)n1. The Kier molecular flexibility index (Phi) is 4.67. The molecule has 1 aromatic carbocycles. The largest absolute Gasteiger partial charge is 0.435 e. The van der Waals surface area contributed by atoms with E-state index >= 15 is 0 Å². The molecule has 0 saturated carbocycles. The van der Waals surface area contributed by atoms with Gasteiger partial charge in [0.25, 0.3) is 0 Å². The van der Waals surface area contributed by atoms with Gasteiger partial charge in [-0.2, -0.15) is 18.3 Å². The highest BCUT2D eigenvalue weighted by molar-refractivity contribution is 5.20. The van der Waals surface area contributed by atoms with E-state index in [2.05, 4.69) is 10.4 Å². The van der Waals surface area contributed by atoms with Crippen LogP contribution in [0.15, 0.2) is 42.6 Å². The first kappa shape index (κ1) is 15.6. The van der Waals surface area contributed by atoms with Crippen LogP contribution in [0.4, 0.5) is 13.2 Å². The number of likely N-dealkylation sites (N-methyl/N-ethyl adjacent to an activating group) is 1. The Morgan fingerprint density at radius 3 is 2.38 bits per heavy atom. The van der Waals surface area contributed by atoms with Gasteiger partial charge in [-0.15, -0.1) is 0 Å². The Balaban J connectivity index is 2.26. The molecule has 0 aliphatic heterocycles. The fraction of sp³-hybridized carbons (Fsp3) is 0.400. The molecule has 1 N–H and O–H groups in total. The molecule has 0 aliphatic carbocycles. The molecule has 0 aliphatic rings. The van der Waals surface area contributed by atoms with Crippen LogP contribution in [0.1, 0.15) is 37.2 Å². The summed E-state index contributed by atoms with van der Waals surface area (Å²) in [6.45, 7) is 4.54. The summed E-state index contributed by atoms with van der Waals surface area (Å²) in [4.78, 5) is 0. The molecule has 0 amide bonds. The number of nitrogens with zero attached hydrogens (tertiary/aromatic N) is 2. The summed E-state index contributed by atoms with van der Waals surface area (Å²) in [6.07, 6.45) is -3.04. The Labute approximate surface area is 121 Å². The van der Waals surface area contributed by atoms with Gasteiger partial charge in [0.15, 0.2) is 5.69 Å². The zero-order valence-corrected chi connectivity index (χ0v) is 11.9. The fourth-order valence-corrected chi connectivity index (χ4v) is 2.32. The van der Waals surface area contributed by atoms with Crippen molar-refractivity contribution in [1.82, 2.24) is 15.1 Å². The smallest absolute Gasteiger partial charge is 0.308 e. The quantitative estimate of drug-likeness (QED) is 0.909. The molecule has 0 bridgehead atoms. The summed E-state index contributed by atoms with van der Waals surface area (Å²) in [5.74, 6) is 0. The van der Waals surface area contributed by atoms with Crippen molar-refractivity contribution < 1.29 is 13.2 Å². The van der Waals surface area contributed by atoms with Crippen molar-refractivity contribution in [1.29, 1.82) is 0 Å². The van der Waals surface area contributed by atoms with Crippen molar-refractivity contribution in [3.8, 4) is 0 Å². The summed E-state index contributed by atoms with van der Waals surface area (Å²) < 4.78 is 39.3. The second kappa shape index (κ2) is 6.30. The van der Waals surface area contributed by atoms with Gasteiger partial charge < -0.3 is 5.32 Å². The number of alkyl halides is 3. The molecule has 2 unspecified atom stereocenters. The van der Waals surface area contributed by atoms with Gasteiger partial charge in [0.2, 0.25) is 0 Å². The maximum Gasteiger partial charge on any atom is 0.435 e. The second-order valence-corrected chi connectivity index (χ2v) is 4.87. The molecule has 114 valence electrons. The molecule has 0 fully saturated rings. The zero-order valence-electron chi connectivity index (χ0n) is 11.9. The van der Waals surface area contributed by atoms with E-state index in [0.29, 0.717) is 0 Å². The third kappa shape index (κ3) is 3.64. The van der Waals surface area contributed by atoms with Crippen molar-refractivity contribution >= 4 is 0 Å². The van der Waals surface area contributed by atoms with Gasteiger partial charge in [0, 0.05) is 6.20 Å². The third-order valence-corrected chi connectivity index (χ3v) is 3.38. The molecule has 0 saturated heterocycles. The van der Waals surface area contributed by atoms with E-state index in [4.69, 9.17) is 0 Å². The number of aromatic nitrogens is 2. The average molecular weight is 297 g/mol. The lowest BCUT2D eigenvalue weighted by molar-refractivity contribution is -0.141. The minimum Gasteiger partial charge on any atom is -0.308 e. The van der Waals surface area contributed by atoms with Gasteiger partial charge in [-0.05, 0) is 25.1 Å². The minimum atomic E-state index is -4.41. The Hall–Kier alpha value is -1.82. The van der Waals surface area contributed by atoms with Crippen LogP contribution >= 0.6 is 0 Å². The maximum absolute atomic E-state index is 12.6. The van der Waals surface area contributed by atoms with Crippen LogP contribution < -0.4 is 5.32 Å². The first-order chi connectivity index (χ1) is 9.93. The summed E-state index contributed by atoms with van der Waals surface area (Å²) in [7, 11) is 0. The number of rotatable bonds is 5. The molecule has 2 aromatic rings. The number of hydrogen-bond donors (Lipinski definition) is 1. The van der Waals surface area contributed by atoms with Gasteiger partial charge >= 0.3 is 6.18 Å². The lowest BCUT2D eigenvalue weighted by Gasteiger charge is -2.25. The topological polar surface area (TPSA) is 29.9 Å². The van der Waals surface area contributed by atoms with E-state index in [1.807, 2.05) is 44.2 Å². The summed E-state index contributed by atoms with van der Waals surface area (Å²) in [5.41, 5.74) is 0.161. The van der Waals surface area contributed by atoms with Crippen LogP contribution in [0.3, 0.4) is 0 Å². The normalized spacial score (nSPS) is 14.9. The van der Waals surface area contributed by atoms with E-state index in [-0.39, 0.29) is 12.1 Å². The van der Waals surface area contributed by atoms with E-state index in [1.165, 1.54) is 10.9 Å². The van der Waals surface area contributed by atoms with Gasteiger partial charge in [-0.1, -0.05) is 37.3 Å². The summed E-state index contributed by atoms with van der Waals surface area (Å²) in [5, 5.41) is 6.96. The van der Waals surface area contributed by atoms with Crippen molar-refractivity contribution in [3.63, 3.8) is 0 Å². The van der Waals surface area contributed by atoms with Crippen LogP contribution in [0.2, 0.25) is 0 Å². The lowest BCUT2D eigenvalue weighted by atomic mass is 10.0. The van der Waals surface area contributed by atoms with E-state index in [9.17, 15) is 13.2 Å². The lowest BCUT2D eigenvalue weighted by Crippen LogP contribution is -2.29. The van der Waals surface area contributed by atoms with Crippen molar-refractivity contribution in [2.24, 2.45) is 0 Å². The van der Waals surface area contributed by atoms with Crippen LogP contribution in [0, 0.1) is 0 Å². The van der Waals surface area contributed by atoms with E-state index < -0.39 is 11.9 Å². The standard InChI is InChI=1S/C15H18F3N3/c1-3-19-14(12-7-5-4-6-8-12)11(2)21-10-9-13(20-21)15(16,17)18/h4-11,14,19H,3H2,1-2H3. The fourth-order valence-electron chi connectivity index (χ4n) is 2.32. The predicted molar refractivity (Wildman–Crippen MR) is 74.8 cm³/mol. The predicted octanol–water partition coefficient (Wildman–Crippen LogP) is 3.81. The molecule has 1 aromatic heterocycles. The molecule has 2 rings (SSSR count). The molecule has 3 nitrogen and oxygen atoms in total. The minimum absolute atomic E-state index is 0.0998. The van der Waals surface area contributed by atoms with Crippen LogP contribution in [0.5, 0.6) is 0 Å². The Bertz CT molecular complexity index is 563. The van der Waals surface area contributed by atoms with Crippen molar-refractivity contribution in [2.75, 3.05) is 6.54 Å². The molecule has 21 heavy (non-hydrogen) atoms. The highest BCUT2D eigenvalue weighted by Crippen LogP contribution is 2.30. The maximum atomic E-state index is 12.6. The molecule has 1 heterocycles. The van der Waals surface area contributed by atoms with Crippen molar-refractivity contribution in [3.05, 3.63) is 53.9 Å². The second-order valence-electron chi connectivity index (χ2n) is 4.87. The first-order valence-electron chi connectivity index (χ1n) is 6.84. The number of benzene rings is 1. The summed E-state index contributed by atoms with van der Waals surface area (Å²) >= 11 is 0. The van der Waals surface area contributed by atoms with E-state index in [1.54, 1.807) is 0 Å². The molecule has 0 spiro atoms. The molecular weight excluding hydrogens is 279 g/mol. The van der Waals surface area contributed by atoms with Gasteiger partial charge in [0.1, 0.15) is 0 Å². The van der Waals surface area contributed by atoms with Crippen LogP contribution in [0.25, 0.3) is 0 Å². The van der Waals surface area contributed by atoms with E-state index in [0.717, 1.165) is 18.2 Å². The average Bonchev–Trinajstić information content (AvgIpc) is 2.95. The van der Waals surface area contributed by atoms with Gasteiger partial charge in [-0.3, -0.25) is 4.68 Å². The van der Waals surface area contributed by atoms with Crippen LogP contribution in [-0.4, -0.2) is 16.3 Å². The molecule has 2 atom stereocenters. The Morgan fingerprint density at radius 2 is 1.86 bits per heavy atom.